The van der Waals surface area contributed by atoms with E-state index in [0.717, 1.165) is 0 Å². The average Bonchev–Trinajstić information content (AvgIpc) is 3.21. The van der Waals surface area contributed by atoms with Crippen LogP contribution in [-0.2, 0) is 16.6 Å². The van der Waals surface area contributed by atoms with E-state index in [0.29, 0.717) is 27.8 Å². The number of nitrogens with zero attached hydrogens (tertiary/aromatic N) is 3. The summed E-state index contributed by atoms with van der Waals surface area (Å²) in [6, 6.07) is 15.3. The third kappa shape index (κ3) is 7.17. The largest absolute Gasteiger partial charge is 0.459 e. The monoisotopic (exact) mass is 509 g/mol. The standard InChI is InChI=1S/C26H31N5O4S/c1-16(2)22(28-24(33)18-10-7-6-8-11-18)23-29-30-26(31(23)5)36-15-21(32)27-20-13-9-12-19(14-20)25(34)35-17(3)4/h6-14,16-17,22H,15H2,1-5H3,(H,27,32)(H,28,33)/t22-/m0/s1. The number of hydrogen-bond donors (Lipinski definition) is 2. The van der Waals surface area contributed by atoms with E-state index in [2.05, 4.69) is 20.8 Å². The molecular formula is C26H31N5O4S. The van der Waals surface area contributed by atoms with Crippen molar-refractivity contribution in [3.05, 3.63) is 71.5 Å². The lowest BCUT2D eigenvalue weighted by molar-refractivity contribution is -0.113. The summed E-state index contributed by atoms with van der Waals surface area (Å²) in [5.74, 6) is -0.122. The SMILES string of the molecule is CC(C)OC(=O)c1cccc(NC(=O)CSc2nnc([C@@H](NC(=O)c3ccccc3)C(C)C)n2C)c1. The van der Waals surface area contributed by atoms with Gasteiger partial charge in [-0.2, -0.15) is 0 Å². The molecule has 10 heteroatoms. The number of carbonyl (C=O) groups excluding carboxylic acids is 3. The molecule has 2 N–H and O–H groups in total. The first-order valence-corrected chi connectivity index (χ1v) is 12.6. The molecule has 2 aromatic carbocycles. The molecule has 0 fully saturated rings. The van der Waals surface area contributed by atoms with Crippen molar-refractivity contribution in [3.63, 3.8) is 0 Å². The number of benzene rings is 2. The van der Waals surface area contributed by atoms with Crippen molar-refractivity contribution in [2.45, 2.75) is 45.0 Å². The lowest BCUT2D eigenvalue weighted by Gasteiger charge is -2.21. The van der Waals surface area contributed by atoms with Gasteiger partial charge in [0.25, 0.3) is 5.91 Å². The minimum absolute atomic E-state index is 0.0661. The van der Waals surface area contributed by atoms with Crippen molar-refractivity contribution in [1.82, 2.24) is 20.1 Å². The maximum atomic E-state index is 12.7. The van der Waals surface area contributed by atoms with Crippen LogP contribution in [0.5, 0.6) is 0 Å². The molecule has 190 valence electrons. The zero-order valence-electron chi connectivity index (χ0n) is 21.0. The van der Waals surface area contributed by atoms with Gasteiger partial charge in [0.1, 0.15) is 0 Å². The Hall–Kier alpha value is -3.66. The molecule has 0 unspecified atom stereocenters. The molecule has 0 saturated carbocycles. The van der Waals surface area contributed by atoms with Crippen LogP contribution < -0.4 is 10.6 Å². The van der Waals surface area contributed by atoms with Gasteiger partial charge in [0.05, 0.1) is 23.5 Å². The molecular weight excluding hydrogens is 478 g/mol. The highest BCUT2D eigenvalue weighted by Gasteiger charge is 2.25. The molecule has 0 spiro atoms. The molecule has 9 nitrogen and oxygen atoms in total. The topological polar surface area (TPSA) is 115 Å². The van der Waals surface area contributed by atoms with Gasteiger partial charge < -0.3 is 19.9 Å². The zero-order chi connectivity index (χ0) is 26.2. The van der Waals surface area contributed by atoms with Crippen LogP contribution in [0.3, 0.4) is 0 Å². The predicted octanol–water partition coefficient (Wildman–Crippen LogP) is 4.24. The fraction of sp³-hybridized carbons (Fsp3) is 0.346. The number of hydrogen-bond acceptors (Lipinski definition) is 7. The number of anilines is 1. The van der Waals surface area contributed by atoms with Crippen molar-refractivity contribution in [2.75, 3.05) is 11.1 Å². The second-order valence-electron chi connectivity index (χ2n) is 8.83. The summed E-state index contributed by atoms with van der Waals surface area (Å²) in [7, 11) is 1.81. The lowest BCUT2D eigenvalue weighted by atomic mass is 10.0. The summed E-state index contributed by atoms with van der Waals surface area (Å²) >= 11 is 1.23. The van der Waals surface area contributed by atoms with Crippen molar-refractivity contribution in [2.24, 2.45) is 13.0 Å². The molecule has 0 aliphatic rings. The maximum absolute atomic E-state index is 12.7. The fourth-order valence-corrected chi connectivity index (χ4v) is 4.12. The summed E-state index contributed by atoms with van der Waals surface area (Å²) in [6.45, 7) is 7.55. The highest BCUT2D eigenvalue weighted by molar-refractivity contribution is 7.99. The molecule has 2 amide bonds. The van der Waals surface area contributed by atoms with Gasteiger partial charge in [-0.25, -0.2) is 4.79 Å². The molecule has 36 heavy (non-hydrogen) atoms. The van der Waals surface area contributed by atoms with Crippen molar-refractivity contribution < 1.29 is 19.1 Å². The zero-order valence-corrected chi connectivity index (χ0v) is 21.8. The van der Waals surface area contributed by atoms with E-state index in [1.807, 2.05) is 39.1 Å². The van der Waals surface area contributed by atoms with Crippen LogP contribution in [0.2, 0.25) is 0 Å². The van der Waals surface area contributed by atoms with Crippen LogP contribution in [0.15, 0.2) is 59.8 Å². The molecule has 0 radical (unpaired) electrons. The van der Waals surface area contributed by atoms with Gasteiger partial charge in [0, 0.05) is 18.3 Å². The number of amides is 2. The third-order valence-corrected chi connectivity index (χ3v) is 6.21. The number of thioether (sulfide) groups is 1. The van der Waals surface area contributed by atoms with Gasteiger partial charge in [0.2, 0.25) is 5.91 Å². The van der Waals surface area contributed by atoms with Crippen LogP contribution in [0.4, 0.5) is 5.69 Å². The summed E-state index contributed by atoms with van der Waals surface area (Å²) < 4.78 is 6.99. The Bertz CT molecular complexity index is 1210. The molecule has 0 aliphatic carbocycles. The number of rotatable bonds is 10. The second kappa shape index (κ2) is 12.3. The van der Waals surface area contributed by atoms with Gasteiger partial charge in [-0.15, -0.1) is 10.2 Å². The molecule has 3 rings (SSSR count). The number of esters is 1. The first kappa shape index (κ1) is 26.9. The second-order valence-corrected chi connectivity index (χ2v) is 9.78. The average molecular weight is 510 g/mol. The molecule has 1 atom stereocenters. The van der Waals surface area contributed by atoms with Crippen LogP contribution in [-0.4, -0.2) is 44.4 Å². The highest BCUT2D eigenvalue weighted by atomic mass is 32.2. The number of nitrogens with one attached hydrogen (secondary N) is 2. The molecule has 1 heterocycles. The molecule has 1 aromatic heterocycles. The Morgan fingerprint density at radius 2 is 1.67 bits per heavy atom. The number of ether oxygens (including phenoxy) is 1. The molecule has 0 bridgehead atoms. The van der Waals surface area contributed by atoms with Gasteiger partial charge in [-0.1, -0.05) is 49.9 Å². The normalized spacial score (nSPS) is 11.9. The number of carbonyl (C=O) groups is 3. The van der Waals surface area contributed by atoms with Gasteiger partial charge in [-0.05, 0) is 50.1 Å². The van der Waals surface area contributed by atoms with Crippen LogP contribution >= 0.6 is 11.8 Å². The summed E-state index contributed by atoms with van der Waals surface area (Å²) in [5.41, 5.74) is 1.43. The summed E-state index contributed by atoms with van der Waals surface area (Å²) in [5, 5.41) is 14.9. The van der Waals surface area contributed by atoms with E-state index >= 15 is 0 Å². The maximum Gasteiger partial charge on any atom is 0.338 e. The Morgan fingerprint density at radius 3 is 2.33 bits per heavy atom. The smallest absolute Gasteiger partial charge is 0.338 e. The van der Waals surface area contributed by atoms with E-state index in [9.17, 15) is 14.4 Å². The minimum atomic E-state index is -0.443. The van der Waals surface area contributed by atoms with Crippen molar-refractivity contribution >= 4 is 35.2 Å². The minimum Gasteiger partial charge on any atom is -0.459 e. The third-order valence-electron chi connectivity index (χ3n) is 5.19. The van der Waals surface area contributed by atoms with E-state index < -0.39 is 5.97 Å². The van der Waals surface area contributed by atoms with Gasteiger partial charge in [-0.3, -0.25) is 9.59 Å². The van der Waals surface area contributed by atoms with E-state index in [1.54, 1.807) is 54.8 Å². The molecule has 0 saturated heterocycles. The fourth-order valence-electron chi connectivity index (χ4n) is 3.40. The highest BCUT2D eigenvalue weighted by Crippen LogP contribution is 2.24. The van der Waals surface area contributed by atoms with E-state index in [1.165, 1.54) is 11.8 Å². The first-order valence-electron chi connectivity index (χ1n) is 11.6. The van der Waals surface area contributed by atoms with Crippen LogP contribution in [0.25, 0.3) is 0 Å². The Kier molecular flexibility index (Phi) is 9.24. The number of aromatic nitrogens is 3. The van der Waals surface area contributed by atoms with Crippen molar-refractivity contribution in [1.29, 1.82) is 0 Å². The Morgan fingerprint density at radius 1 is 0.972 bits per heavy atom. The molecule has 3 aromatic rings. The van der Waals surface area contributed by atoms with E-state index in [4.69, 9.17) is 4.74 Å². The Labute approximate surface area is 215 Å². The van der Waals surface area contributed by atoms with Crippen LogP contribution in [0.1, 0.15) is 60.3 Å². The van der Waals surface area contributed by atoms with Crippen molar-refractivity contribution in [3.8, 4) is 0 Å². The Balaban J connectivity index is 1.62. The van der Waals surface area contributed by atoms with Crippen LogP contribution in [0, 0.1) is 5.92 Å². The summed E-state index contributed by atoms with van der Waals surface area (Å²) in [4.78, 5) is 37.4. The first-order chi connectivity index (χ1) is 17.2. The summed E-state index contributed by atoms with van der Waals surface area (Å²) in [6.07, 6.45) is -0.231. The van der Waals surface area contributed by atoms with Gasteiger partial charge >= 0.3 is 5.97 Å². The van der Waals surface area contributed by atoms with Gasteiger partial charge in [0.15, 0.2) is 11.0 Å². The lowest BCUT2D eigenvalue weighted by Crippen LogP contribution is -2.33. The molecule has 0 aliphatic heterocycles. The predicted molar refractivity (Wildman–Crippen MR) is 139 cm³/mol. The van der Waals surface area contributed by atoms with E-state index in [-0.39, 0.29) is 35.6 Å². The quantitative estimate of drug-likeness (QED) is 0.310.